The average molecular weight is 219 g/mol. The Hall–Kier alpha value is -0.900. The lowest BCUT2D eigenvalue weighted by atomic mass is 10.1. The summed E-state index contributed by atoms with van der Waals surface area (Å²) >= 11 is 0. The standard InChI is InChI=1S/C13H21N3/c1-12-4-3-5-13(10-12)11-14-16-8-6-15(2)7-9-16/h3-5,10,14H,6-9,11H2,1-2H3. The molecule has 0 aromatic heterocycles. The summed E-state index contributed by atoms with van der Waals surface area (Å²) < 4.78 is 0. The van der Waals surface area contributed by atoms with Gasteiger partial charge in [-0.25, -0.2) is 5.01 Å². The fourth-order valence-corrected chi connectivity index (χ4v) is 1.99. The third kappa shape index (κ3) is 3.30. The van der Waals surface area contributed by atoms with Crippen molar-refractivity contribution in [3.05, 3.63) is 35.4 Å². The maximum Gasteiger partial charge on any atom is 0.0353 e. The maximum absolute atomic E-state index is 3.49. The van der Waals surface area contributed by atoms with Crippen LogP contribution in [0.5, 0.6) is 0 Å². The van der Waals surface area contributed by atoms with Gasteiger partial charge >= 0.3 is 0 Å². The normalized spacial score (nSPS) is 18.9. The minimum atomic E-state index is 0.936. The number of likely N-dealkylation sites (N-methyl/N-ethyl adjacent to an activating group) is 1. The van der Waals surface area contributed by atoms with Crippen molar-refractivity contribution < 1.29 is 0 Å². The maximum atomic E-state index is 3.49. The van der Waals surface area contributed by atoms with Crippen molar-refractivity contribution in [3.8, 4) is 0 Å². The van der Waals surface area contributed by atoms with Crippen molar-refractivity contribution in [3.63, 3.8) is 0 Å². The van der Waals surface area contributed by atoms with E-state index in [2.05, 4.69) is 53.6 Å². The number of nitrogens with zero attached hydrogens (tertiary/aromatic N) is 2. The molecule has 0 aliphatic carbocycles. The summed E-state index contributed by atoms with van der Waals surface area (Å²) in [5.41, 5.74) is 6.18. The molecule has 0 bridgehead atoms. The zero-order chi connectivity index (χ0) is 11.4. The van der Waals surface area contributed by atoms with Crippen molar-refractivity contribution in [2.75, 3.05) is 33.2 Å². The highest BCUT2D eigenvalue weighted by Gasteiger charge is 2.12. The SMILES string of the molecule is Cc1cccc(CNN2CCN(C)CC2)c1. The largest absolute Gasteiger partial charge is 0.304 e. The van der Waals surface area contributed by atoms with Crippen LogP contribution in [-0.2, 0) is 6.54 Å². The summed E-state index contributed by atoms with van der Waals surface area (Å²) in [5.74, 6) is 0. The molecule has 0 atom stereocenters. The van der Waals surface area contributed by atoms with Gasteiger partial charge in [-0.2, -0.15) is 0 Å². The molecular formula is C13H21N3. The molecule has 0 spiro atoms. The van der Waals surface area contributed by atoms with E-state index in [0.29, 0.717) is 0 Å². The van der Waals surface area contributed by atoms with Crippen LogP contribution in [0.1, 0.15) is 11.1 Å². The number of aryl methyl sites for hydroxylation is 1. The van der Waals surface area contributed by atoms with Crippen molar-refractivity contribution >= 4 is 0 Å². The van der Waals surface area contributed by atoms with Crippen LogP contribution in [0, 0.1) is 6.92 Å². The first-order chi connectivity index (χ1) is 7.74. The van der Waals surface area contributed by atoms with E-state index in [-0.39, 0.29) is 0 Å². The number of hydrogen-bond donors (Lipinski definition) is 1. The molecule has 0 saturated carbocycles. The molecule has 0 radical (unpaired) electrons. The summed E-state index contributed by atoms with van der Waals surface area (Å²) in [5, 5.41) is 2.32. The Balaban J connectivity index is 1.79. The van der Waals surface area contributed by atoms with E-state index in [4.69, 9.17) is 0 Å². The summed E-state index contributed by atoms with van der Waals surface area (Å²) in [6.07, 6.45) is 0. The van der Waals surface area contributed by atoms with E-state index >= 15 is 0 Å². The monoisotopic (exact) mass is 219 g/mol. The number of hydrazine groups is 1. The van der Waals surface area contributed by atoms with Crippen LogP contribution in [0.15, 0.2) is 24.3 Å². The molecule has 88 valence electrons. The number of piperazine rings is 1. The molecule has 1 aliphatic heterocycles. The molecule has 0 amide bonds. The fourth-order valence-electron chi connectivity index (χ4n) is 1.99. The number of rotatable bonds is 3. The number of nitrogens with one attached hydrogen (secondary N) is 1. The zero-order valence-corrected chi connectivity index (χ0v) is 10.2. The minimum absolute atomic E-state index is 0.936. The van der Waals surface area contributed by atoms with Gasteiger partial charge in [0.1, 0.15) is 0 Å². The Kier molecular flexibility index (Phi) is 3.93. The van der Waals surface area contributed by atoms with Crippen LogP contribution in [0.3, 0.4) is 0 Å². The molecule has 3 nitrogen and oxygen atoms in total. The lowest BCUT2D eigenvalue weighted by Crippen LogP contribution is -2.50. The van der Waals surface area contributed by atoms with Gasteiger partial charge in [-0.15, -0.1) is 0 Å². The van der Waals surface area contributed by atoms with Crippen LogP contribution >= 0.6 is 0 Å². The molecule has 1 saturated heterocycles. The van der Waals surface area contributed by atoms with Crippen molar-refractivity contribution in [2.24, 2.45) is 0 Å². The topological polar surface area (TPSA) is 18.5 Å². The fraction of sp³-hybridized carbons (Fsp3) is 0.538. The van der Waals surface area contributed by atoms with E-state index in [1.165, 1.54) is 11.1 Å². The molecule has 1 N–H and O–H groups in total. The molecule has 16 heavy (non-hydrogen) atoms. The van der Waals surface area contributed by atoms with E-state index in [1.807, 2.05) is 0 Å². The molecule has 1 heterocycles. The highest BCUT2D eigenvalue weighted by molar-refractivity contribution is 5.21. The predicted molar refractivity (Wildman–Crippen MR) is 67.1 cm³/mol. The Morgan fingerprint density at radius 3 is 2.62 bits per heavy atom. The molecule has 2 rings (SSSR count). The van der Waals surface area contributed by atoms with Gasteiger partial charge < -0.3 is 4.90 Å². The second kappa shape index (κ2) is 5.43. The molecule has 3 heteroatoms. The van der Waals surface area contributed by atoms with E-state index < -0.39 is 0 Å². The molecule has 1 aliphatic rings. The highest BCUT2D eigenvalue weighted by Crippen LogP contribution is 2.04. The Labute approximate surface area is 98.0 Å². The smallest absolute Gasteiger partial charge is 0.0353 e. The van der Waals surface area contributed by atoms with E-state index in [1.54, 1.807) is 0 Å². The van der Waals surface area contributed by atoms with Gasteiger partial charge in [0, 0.05) is 32.7 Å². The van der Waals surface area contributed by atoms with Gasteiger partial charge in [0.05, 0.1) is 0 Å². The van der Waals surface area contributed by atoms with Gasteiger partial charge in [0.2, 0.25) is 0 Å². The van der Waals surface area contributed by atoms with Crippen molar-refractivity contribution in [1.29, 1.82) is 0 Å². The van der Waals surface area contributed by atoms with Crippen LogP contribution in [-0.4, -0.2) is 43.1 Å². The second-order valence-electron chi connectivity index (χ2n) is 4.61. The average Bonchev–Trinajstić information content (AvgIpc) is 2.28. The predicted octanol–water partition coefficient (Wildman–Crippen LogP) is 1.25. The first-order valence-corrected chi connectivity index (χ1v) is 5.96. The molecular weight excluding hydrogens is 198 g/mol. The summed E-state index contributed by atoms with van der Waals surface area (Å²) in [6, 6.07) is 8.68. The van der Waals surface area contributed by atoms with Crippen LogP contribution in [0.2, 0.25) is 0 Å². The van der Waals surface area contributed by atoms with Gasteiger partial charge in [0.25, 0.3) is 0 Å². The lowest BCUT2D eigenvalue weighted by molar-refractivity contribution is 0.102. The number of hydrogen-bond acceptors (Lipinski definition) is 3. The third-order valence-electron chi connectivity index (χ3n) is 3.09. The van der Waals surface area contributed by atoms with Crippen LogP contribution in [0.4, 0.5) is 0 Å². The second-order valence-corrected chi connectivity index (χ2v) is 4.61. The first-order valence-electron chi connectivity index (χ1n) is 5.96. The van der Waals surface area contributed by atoms with E-state index in [0.717, 1.165) is 32.7 Å². The minimum Gasteiger partial charge on any atom is -0.304 e. The van der Waals surface area contributed by atoms with Crippen molar-refractivity contribution in [1.82, 2.24) is 15.3 Å². The number of benzene rings is 1. The van der Waals surface area contributed by atoms with Crippen LogP contribution < -0.4 is 5.43 Å². The van der Waals surface area contributed by atoms with E-state index in [9.17, 15) is 0 Å². The molecule has 1 fully saturated rings. The lowest BCUT2D eigenvalue weighted by Gasteiger charge is -2.32. The summed E-state index contributed by atoms with van der Waals surface area (Å²) in [4.78, 5) is 2.37. The Bertz CT molecular complexity index is 330. The Morgan fingerprint density at radius 1 is 1.19 bits per heavy atom. The zero-order valence-electron chi connectivity index (χ0n) is 10.2. The Morgan fingerprint density at radius 2 is 1.94 bits per heavy atom. The highest BCUT2D eigenvalue weighted by atomic mass is 15.5. The molecule has 1 aromatic rings. The summed E-state index contributed by atoms with van der Waals surface area (Å²) in [7, 11) is 2.18. The van der Waals surface area contributed by atoms with Crippen LogP contribution in [0.25, 0.3) is 0 Å². The molecule has 1 aromatic carbocycles. The molecule has 0 unspecified atom stereocenters. The van der Waals surface area contributed by atoms with Gasteiger partial charge in [-0.3, -0.25) is 5.43 Å². The van der Waals surface area contributed by atoms with Gasteiger partial charge in [0.15, 0.2) is 0 Å². The quantitative estimate of drug-likeness (QED) is 0.825. The summed E-state index contributed by atoms with van der Waals surface area (Å²) in [6.45, 7) is 7.61. The van der Waals surface area contributed by atoms with Gasteiger partial charge in [-0.1, -0.05) is 29.8 Å². The van der Waals surface area contributed by atoms with Crippen molar-refractivity contribution in [2.45, 2.75) is 13.5 Å². The first kappa shape index (κ1) is 11.6. The third-order valence-corrected chi connectivity index (χ3v) is 3.09. The van der Waals surface area contributed by atoms with Gasteiger partial charge in [-0.05, 0) is 19.5 Å².